The second-order valence-corrected chi connectivity index (χ2v) is 5.78. The highest BCUT2D eigenvalue weighted by Crippen LogP contribution is 2.37. The number of benzene rings is 1. The van der Waals surface area contributed by atoms with Gasteiger partial charge >= 0.3 is 0 Å². The van der Waals surface area contributed by atoms with E-state index in [4.69, 9.17) is 15.0 Å². The first-order valence-corrected chi connectivity index (χ1v) is 7.31. The summed E-state index contributed by atoms with van der Waals surface area (Å²) in [4.78, 5) is 15.9. The summed E-state index contributed by atoms with van der Waals surface area (Å²) in [6.45, 7) is 1.53. The topological polar surface area (TPSA) is 91.2 Å². The standard InChI is InChI=1S/C16H19N3O3.ClH/c1-10(20)11-4-5-13(21-2)12(8-11)9-14-18-15(19-22-14)16(17)6-3-7-16;/h4-5,8H,3,6-7,9,17H2,1-2H3;1H. The summed E-state index contributed by atoms with van der Waals surface area (Å²) in [5, 5.41) is 4.00. The predicted molar refractivity (Wildman–Crippen MR) is 87.1 cm³/mol. The molecule has 6 nitrogen and oxygen atoms in total. The lowest BCUT2D eigenvalue weighted by atomic mass is 9.77. The van der Waals surface area contributed by atoms with E-state index in [2.05, 4.69) is 10.1 Å². The molecule has 2 aromatic rings. The van der Waals surface area contributed by atoms with Crippen molar-refractivity contribution in [1.29, 1.82) is 0 Å². The molecule has 124 valence electrons. The predicted octanol–water partition coefficient (Wildman–Crippen LogP) is 2.63. The van der Waals surface area contributed by atoms with E-state index >= 15 is 0 Å². The molecular weight excluding hydrogens is 318 g/mol. The Morgan fingerprint density at radius 1 is 1.43 bits per heavy atom. The summed E-state index contributed by atoms with van der Waals surface area (Å²) in [5.74, 6) is 1.74. The minimum Gasteiger partial charge on any atom is -0.496 e. The average molecular weight is 338 g/mol. The van der Waals surface area contributed by atoms with Gasteiger partial charge < -0.3 is 15.0 Å². The van der Waals surface area contributed by atoms with Gasteiger partial charge in [0, 0.05) is 11.1 Å². The van der Waals surface area contributed by atoms with Crippen molar-refractivity contribution >= 4 is 18.2 Å². The van der Waals surface area contributed by atoms with E-state index < -0.39 is 5.54 Å². The molecule has 3 rings (SSSR count). The number of ketones is 1. The van der Waals surface area contributed by atoms with E-state index in [1.807, 2.05) is 0 Å². The first-order chi connectivity index (χ1) is 10.5. The fraction of sp³-hybridized carbons (Fsp3) is 0.438. The molecular formula is C16H20ClN3O3. The number of aromatic nitrogens is 2. The fourth-order valence-electron chi connectivity index (χ4n) is 2.61. The lowest BCUT2D eigenvalue weighted by molar-refractivity contribution is 0.101. The summed E-state index contributed by atoms with van der Waals surface area (Å²) in [5.41, 5.74) is 7.23. The number of hydrogen-bond donors (Lipinski definition) is 1. The molecule has 2 N–H and O–H groups in total. The van der Waals surface area contributed by atoms with Gasteiger partial charge in [0.15, 0.2) is 11.6 Å². The molecule has 0 atom stereocenters. The van der Waals surface area contributed by atoms with Crippen LogP contribution in [0, 0.1) is 0 Å². The Balaban J connectivity index is 0.00000192. The first kappa shape index (κ1) is 17.4. The van der Waals surface area contributed by atoms with Gasteiger partial charge in [-0.15, -0.1) is 12.4 Å². The van der Waals surface area contributed by atoms with Gasteiger partial charge in [-0.25, -0.2) is 0 Å². The molecule has 7 heteroatoms. The van der Waals surface area contributed by atoms with E-state index in [9.17, 15) is 4.79 Å². The number of carbonyl (C=O) groups excluding carboxylic acids is 1. The fourth-order valence-corrected chi connectivity index (χ4v) is 2.61. The maximum absolute atomic E-state index is 11.5. The number of hydrogen-bond acceptors (Lipinski definition) is 6. The van der Waals surface area contributed by atoms with Crippen molar-refractivity contribution in [2.75, 3.05) is 7.11 Å². The van der Waals surface area contributed by atoms with Crippen molar-refractivity contribution in [2.24, 2.45) is 5.73 Å². The molecule has 0 aliphatic heterocycles. The molecule has 1 aliphatic rings. The van der Waals surface area contributed by atoms with Gasteiger partial charge in [0.05, 0.1) is 19.1 Å². The van der Waals surface area contributed by atoms with Crippen molar-refractivity contribution in [3.63, 3.8) is 0 Å². The minimum atomic E-state index is -0.437. The summed E-state index contributed by atoms with van der Waals surface area (Å²) in [7, 11) is 1.59. The molecule has 0 bridgehead atoms. The van der Waals surface area contributed by atoms with E-state index in [0.717, 1.165) is 24.8 Å². The Hall–Kier alpha value is -1.92. The van der Waals surface area contributed by atoms with Gasteiger partial charge in [-0.2, -0.15) is 4.98 Å². The van der Waals surface area contributed by atoms with Gasteiger partial charge in [-0.05, 0) is 44.4 Å². The number of carbonyl (C=O) groups is 1. The van der Waals surface area contributed by atoms with Gasteiger partial charge in [-0.1, -0.05) is 5.16 Å². The van der Waals surface area contributed by atoms with Gasteiger partial charge in [0.25, 0.3) is 0 Å². The van der Waals surface area contributed by atoms with Crippen LogP contribution in [-0.2, 0) is 12.0 Å². The smallest absolute Gasteiger partial charge is 0.231 e. The molecule has 1 saturated carbocycles. The molecule has 0 unspecified atom stereocenters. The lowest BCUT2D eigenvalue weighted by Crippen LogP contribution is -2.44. The number of nitrogens with zero attached hydrogens (tertiary/aromatic N) is 2. The second-order valence-electron chi connectivity index (χ2n) is 5.78. The van der Waals surface area contributed by atoms with Crippen LogP contribution in [0.25, 0.3) is 0 Å². The van der Waals surface area contributed by atoms with E-state index in [-0.39, 0.29) is 18.2 Å². The van der Waals surface area contributed by atoms with Crippen molar-refractivity contribution in [2.45, 2.75) is 38.1 Å². The van der Waals surface area contributed by atoms with Crippen LogP contribution in [0.2, 0.25) is 0 Å². The lowest BCUT2D eigenvalue weighted by Gasteiger charge is -2.34. The molecule has 1 aromatic heterocycles. The molecule has 1 aromatic carbocycles. The zero-order valence-electron chi connectivity index (χ0n) is 13.2. The maximum Gasteiger partial charge on any atom is 0.231 e. The molecule has 0 radical (unpaired) electrons. The van der Waals surface area contributed by atoms with Crippen molar-refractivity contribution in [1.82, 2.24) is 10.1 Å². The maximum atomic E-state index is 11.5. The quantitative estimate of drug-likeness (QED) is 0.843. The van der Waals surface area contributed by atoms with Crippen molar-refractivity contribution < 1.29 is 14.1 Å². The van der Waals surface area contributed by atoms with Crippen LogP contribution >= 0.6 is 12.4 Å². The molecule has 0 saturated heterocycles. The number of rotatable bonds is 5. The molecule has 1 aliphatic carbocycles. The van der Waals surface area contributed by atoms with Crippen LogP contribution in [0.5, 0.6) is 5.75 Å². The van der Waals surface area contributed by atoms with E-state index in [1.54, 1.807) is 25.3 Å². The normalized spacial score (nSPS) is 15.4. The van der Waals surface area contributed by atoms with E-state index in [1.165, 1.54) is 6.92 Å². The second kappa shape index (κ2) is 6.68. The third-order valence-corrected chi connectivity index (χ3v) is 4.19. The highest BCUT2D eigenvalue weighted by Gasteiger charge is 2.39. The number of halogens is 1. The van der Waals surface area contributed by atoms with Crippen LogP contribution in [-0.4, -0.2) is 23.0 Å². The number of methoxy groups -OCH3 is 1. The molecule has 1 fully saturated rings. The zero-order chi connectivity index (χ0) is 15.7. The zero-order valence-corrected chi connectivity index (χ0v) is 14.0. The highest BCUT2D eigenvalue weighted by molar-refractivity contribution is 5.94. The monoisotopic (exact) mass is 337 g/mol. The Morgan fingerprint density at radius 2 is 2.17 bits per heavy atom. The summed E-state index contributed by atoms with van der Waals surface area (Å²) >= 11 is 0. The Labute approximate surface area is 140 Å². The van der Waals surface area contributed by atoms with Crippen LogP contribution in [0.1, 0.15) is 53.8 Å². The number of nitrogens with two attached hydrogens (primary N) is 1. The Bertz CT molecular complexity index is 710. The van der Waals surface area contributed by atoms with Gasteiger partial charge in [0.2, 0.25) is 5.89 Å². The van der Waals surface area contributed by atoms with Gasteiger partial charge in [-0.3, -0.25) is 4.79 Å². The third-order valence-electron chi connectivity index (χ3n) is 4.19. The SMILES string of the molecule is COc1ccc(C(C)=O)cc1Cc1nc(C2(N)CCC2)no1.Cl. The summed E-state index contributed by atoms with van der Waals surface area (Å²) < 4.78 is 10.6. The molecule has 23 heavy (non-hydrogen) atoms. The minimum absolute atomic E-state index is 0. The number of Topliss-reactive ketones (excluding diaryl/α,β-unsaturated/α-hetero) is 1. The van der Waals surface area contributed by atoms with Crippen molar-refractivity contribution in [3.8, 4) is 5.75 Å². The summed E-state index contributed by atoms with van der Waals surface area (Å²) in [6.07, 6.45) is 3.27. The van der Waals surface area contributed by atoms with Crippen molar-refractivity contribution in [3.05, 3.63) is 41.0 Å². The van der Waals surface area contributed by atoms with Crippen LogP contribution in [0.4, 0.5) is 0 Å². The van der Waals surface area contributed by atoms with Crippen LogP contribution in [0.15, 0.2) is 22.7 Å². The molecule has 0 spiro atoms. The molecule has 0 amide bonds. The van der Waals surface area contributed by atoms with Gasteiger partial charge in [0.1, 0.15) is 5.75 Å². The average Bonchev–Trinajstić information content (AvgIpc) is 2.93. The Morgan fingerprint density at radius 3 is 2.74 bits per heavy atom. The first-order valence-electron chi connectivity index (χ1n) is 7.31. The number of ether oxygens (including phenoxy) is 1. The Kier molecular flexibility index (Phi) is 5.06. The summed E-state index contributed by atoms with van der Waals surface area (Å²) in [6, 6.07) is 5.32. The third kappa shape index (κ3) is 3.38. The molecule has 1 heterocycles. The highest BCUT2D eigenvalue weighted by atomic mass is 35.5. The van der Waals surface area contributed by atoms with Crippen LogP contribution in [0.3, 0.4) is 0 Å². The van der Waals surface area contributed by atoms with E-state index in [0.29, 0.717) is 29.4 Å². The van der Waals surface area contributed by atoms with Crippen LogP contribution < -0.4 is 10.5 Å². The largest absolute Gasteiger partial charge is 0.496 e.